The van der Waals surface area contributed by atoms with Crippen LogP contribution < -0.4 is 4.74 Å². The number of hydrogen-bond acceptors (Lipinski definition) is 4. The Hall–Kier alpha value is -1.80. The highest BCUT2D eigenvalue weighted by atomic mass is 32.2. The number of rotatable bonds is 4. The second kappa shape index (κ2) is 5.53. The Morgan fingerprint density at radius 3 is 2.38 bits per heavy atom. The van der Waals surface area contributed by atoms with Crippen molar-refractivity contribution >= 4 is 20.9 Å². The SMILES string of the molecule is COc1ccc2ccccc2c1COS(=O)(=O)C(F)(F)F. The van der Waals surface area contributed by atoms with Gasteiger partial charge in [-0.3, -0.25) is 4.18 Å². The third kappa shape index (κ3) is 3.11. The maximum Gasteiger partial charge on any atom is 0.523 e. The summed E-state index contributed by atoms with van der Waals surface area (Å²) in [5.41, 5.74) is -5.21. The van der Waals surface area contributed by atoms with Crippen LogP contribution in [0.4, 0.5) is 13.2 Å². The molecule has 0 saturated carbocycles. The molecule has 2 aromatic rings. The summed E-state index contributed by atoms with van der Waals surface area (Å²) in [6.45, 7) is -0.758. The van der Waals surface area contributed by atoms with E-state index in [2.05, 4.69) is 4.18 Å². The third-order valence-corrected chi connectivity index (χ3v) is 3.85. The van der Waals surface area contributed by atoms with Crippen LogP contribution >= 0.6 is 0 Å². The lowest BCUT2D eigenvalue weighted by Gasteiger charge is -2.13. The van der Waals surface area contributed by atoms with Crippen LogP contribution in [0.15, 0.2) is 36.4 Å². The van der Waals surface area contributed by atoms with Crippen LogP contribution in [0.5, 0.6) is 5.75 Å². The number of halogens is 3. The molecule has 21 heavy (non-hydrogen) atoms. The van der Waals surface area contributed by atoms with Gasteiger partial charge in [-0.1, -0.05) is 30.3 Å². The van der Waals surface area contributed by atoms with Crippen molar-refractivity contribution in [2.45, 2.75) is 12.1 Å². The summed E-state index contributed by atoms with van der Waals surface area (Å²) in [4.78, 5) is 0. The van der Waals surface area contributed by atoms with Crippen molar-refractivity contribution in [2.75, 3.05) is 7.11 Å². The van der Waals surface area contributed by atoms with E-state index in [0.29, 0.717) is 5.39 Å². The van der Waals surface area contributed by atoms with E-state index < -0.39 is 22.2 Å². The van der Waals surface area contributed by atoms with E-state index in [4.69, 9.17) is 4.74 Å². The molecule has 0 aromatic heterocycles. The van der Waals surface area contributed by atoms with E-state index in [1.165, 1.54) is 7.11 Å². The van der Waals surface area contributed by atoms with E-state index >= 15 is 0 Å². The Kier molecular flexibility index (Phi) is 4.11. The van der Waals surface area contributed by atoms with Gasteiger partial charge in [0.25, 0.3) is 0 Å². The highest BCUT2D eigenvalue weighted by Crippen LogP contribution is 2.31. The molecule has 0 unspecified atom stereocenters. The lowest BCUT2D eigenvalue weighted by molar-refractivity contribution is -0.0548. The van der Waals surface area contributed by atoms with Crippen LogP contribution in [0.3, 0.4) is 0 Å². The zero-order valence-electron chi connectivity index (χ0n) is 10.8. The summed E-state index contributed by atoms with van der Waals surface area (Å²) in [5.74, 6) is 0.256. The van der Waals surface area contributed by atoms with Gasteiger partial charge in [0.2, 0.25) is 0 Å². The number of alkyl halides is 3. The quantitative estimate of drug-likeness (QED) is 0.641. The predicted octanol–water partition coefficient (Wildman–Crippen LogP) is 3.21. The summed E-state index contributed by atoms with van der Waals surface area (Å²) in [6.07, 6.45) is 0. The van der Waals surface area contributed by atoms with Gasteiger partial charge in [-0.25, -0.2) is 0 Å². The van der Waals surface area contributed by atoms with Crippen LogP contribution in [0.1, 0.15) is 5.56 Å². The summed E-state index contributed by atoms with van der Waals surface area (Å²) in [5, 5.41) is 1.30. The maximum atomic E-state index is 12.3. The average Bonchev–Trinajstić information content (AvgIpc) is 2.43. The summed E-state index contributed by atoms with van der Waals surface area (Å²) in [7, 11) is -4.31. The van der Waals surface area contributed by atoms with Crippen LogP contribution in [0, 0.1) is 0 Å². The smallest absolute Gasteiger partial charge is 0.496 e. The molecule has 0 bridgehead atoms. The van der Waals surface area contributed by atoms with Crippen LogP contribution in [-0.4, -0.2) is 21.0 Å². The molecule has 0 radical (unpaired) electrons. The number of fused-ring (bicyclic) bond motifs is 1. The number of methoxy groups -OCH3 is 1. The van der Waals surface area contributed by atoms with E-state index in [1.807, 2.05) is 0 Å². The Bertz CT molecular complexity index is 754. The lowest BCUT2D eigenvalue weighted by Crippen LogP contribution is -2.25. The second-order valence-corrected chi connectivity index (χ2v) is 5.74. The van der Waals surface area contributed by atoms with Gasteiger partial charge in [0.05, 0.1) is 13.7 Å². The third-order valence-electron chi connectivity index (χ3n) is 2.86. The first-order chi connectivity index (χ1) is 9.76. The molecule has 0 aliphatic rings. The molecule has 2 aromatic carbocycles. The van der Waals surface area contributed by atoms with E-state index in [0.717, 1.165) is 5.39 Å². The van der Waals surface area contributed by atoms with Crippen molar-refractivity contribution in [1.29, 1.82) is 0 Å². The molecule has 0 saturated heterocycles. The molecule has 8 heteroatoms. The van der Waals surface area contributed by atoms with E-state index in [9.17, 15) is 21.6 Å². The van der Waals surface area contributed by atoms with Gasteiger partial charge >= 0.3 is 15.6 Å². The lowest BCUT2D eigenvalue weighted by atomic mass is 10.0. The molecular formula is C13H11F3O4S. The van der Waals surface area contributed by atoms with Gasteiger partial charge in [-0.2, -0.15) is 21.6 Å². The minimum absolute atomic E-state index is 0.239. The fourth-order valence-corrected chi connectivity index (χ4v) is 2.27. The van der Waals surface area contributed by atoms with Crippen LogP contribution in [-0.2, 0) is 20.9 Å². The van der Waals surface area contributed by atoms with Crippen LogP contribution in [0.25, 0.3) is 10.8 Å². The summed E-state index contributed by atoms with van der Waals surface area (Å²) >= 11 is 0. The molecule has 0 spiro atoms. The Balaban J connectivity index is 2.42. The molecular weight excluding hydrogens is 309 g/mol. The highest BCUT2D eigenvalue weighted by Gasteiger charge is 2.47. The van der Waals surface area contributed by atoms with Gasteiger partial charge in [0, 0.05) is 5.56 Å². The van der Waals surface area contributed by atoms with Crippen LogP contribution in [0.2, 0.25) is 0 Å². The van der Waals surface area contributed by atoms with Gasteiger partial charge in [0.1, 0.15) is 5.75 Å². The summed E-state index contributed by atoms with van der Waals surface area (Å²) < 4.78 is 68.0. The minimum Gasteiger partial charge on any atom is -0.496 e. The van der Waals surface area contributed by atoms with Crippen molar-refractivity contribution in [2.24, 2.45) is 0 Å². The number of benzene rings is 2. The van der Waals surface area contributed by atoms with Crippen molar-refractivity contribution in [3.8, 4) is 5.75 Å². The average molecular weight is 320 g/mol. The molecule has 0 heterocycles. The molecule has 0 fully saturated rings. The highest BCUT2D eigenvalue weighted by molar-refractivity contribution is 7.87. The molecule has 0 aliphatic carbocycles. The van der Waals surface area contributed by atoms with E-state index in [-0.39, 0.29) is 11.3 Å². The van der Waals surface area contributed by atoms with Crippen molar-refractivity contribution in [1.82, 2.24) is 0 Å². The molecule has 114 valence electrons. The molecule has 0 N–H and O–H groups in total. The normalized spacial score (nSPS) is 12.6. The number of ether oxygens (including phenoxy) is 1. The standard InChI is InChI=1S/C13H11F3O4S/c1-19-12-7-6-9-4-2-3-5-10(9)11(12)8-20-21(17,18)13(14,15)16/h2-7H,8H2,1H3. The molecule has 4 nitrogen and oxygen atoms in total. The van der Waals surface area contributed by atoms with Gasteiger partial charge < -0.3 is 4.74 Å². The first-order valence-electron chi connectivity index (χ1n) is 5.76. The zero-order valence-corrected chi connectivity index (χ0v) is 11.7. The number of hydrogen-bond donors (Lipinski definition) is 0. The Morgan fingerprint density at radius 2 is 1.76 bits per heavy atom. The van der Waals surface area contributed by atoms with Gasteiger partial charge in [0.15, 0.2) is 0 Å². The molecule has 0 amide bonds. The molecule has 2 rings (SSSR count). The predicted molar refractivity (Wildman–Crippen MR) is 70.3 cm³/mol. The van der Waals surface area contributed by atoms with Gasteiger partial charge in [-0.15, -0.1) is 0 Å². The fourth-order valence-electron chi connectivity index (χ4n) is 1.86. The van der Waals surface area contributed by atoms with E-state index in [1.54, 1.807) is 36.4 Å². The fraction of sp³-hybridized carbons (Fsp3) is 0.231. The first-order valence-corrected chi connectivity index (χ1v) is 7.17. The molecule has 0 atom stereocenters. The summed E-state index contributed by atoms with van der Waals surface area (Å²) in [6, 6.07) is 10.1. The van der Waals surface area contributed by atoms with Crippen molar-refractivity contribution < 1.29 is 30.5 Å². The van der Waals surface area contributed by atoms with Gasteiger partial charge in [-0.05, 0) is 16.8 Å². The molecule has 0 aliphatic heterocycles. The largest absolute Gasteiger partial charge is 0.523 e. The Morgan fingerprint density at radius 1 is 1.10 bits per heavy atom. The maximum absolute atomic E-state index is 12.3. The zero-order chi connectivity index (χ0) is 15.7. The second-order valence-electron chi connectivity index (χ2n) is 4.13. The van der Waals surface area contributed by atoms with Crippen molar-refractivity contribution in [3.63, 3.8) is 0 Å². The topological polar surface area (TPSA) is 52.6 Å². The first kappa shape index (κ1) is 15.6. The minimum atomic E-state index is -5.65. The van der Waals surface area contributed by atoms with Crippen molar-refractivity contribution in [3.05, 3.63) is 42.0 Å². The Labute approximate surface area is 119 Å². The monoisotopic (exact) mass is 320 g/mol.